The van der Waals surface area contributed by atoms with Gasteiger partial charge < -0.3 is 40.0 Å². The summed E-state index contributed by atoms with van der Waals surface area (Å²) in [5, 5.41) is 11.7. The molecule has 20 nitrogen and oxygen atoms in total. The summed E-state index contributed by atoms with van der Waals surface area (Å²) >= 11 is 0. The fraction of sp³-hybridized carbons (Fsp3) is 0.600. The van der Waals surface area contributed by atoms with Crippen LogP contribution in [0.25, 0.3) is 0 Å². The molecule has 0 aromatic heterocycles. The van der Waals surface area contributed by atoms with Gasteiger partial charge in [0.05, 0.1) is 42.4 Å². The molecule has 0 spiro atoms. The molecule has 2 aliphatic carbocycles. The number of anilines is 3. The zero-order chi connectivity index (χ0) is 61.1. The maximum Gasteiger partial charge on any atom is 0.407 e. The summed E-state index contributed by atoms with van der Waals surface area (Å²) in [6, 6.07) is 16.1. The molecule has 5 unspecified atom stereocenters. The first kappa shape index (κ1) is 64.1. The van der Waals surface area contributed by atoms with Crippen LogP contribution in [0.5, 0.6) is 0 Å². The number of piperidine rings is 2. The standard InChI is InChI=1S/C65H91N9O11S/c1-7-44-40-53(51(44)9-3)54-41-65(5,6)25-21-46(54)42-72-31-33-73(34-32-72)48-15-13-45(14-16-48)60(76)70-86(81,82)50-17-18-55(43(4)39-50)68-47(8-2)22-28-71-29-23-49(24-30-71)85-64(80)67-27-36-84-38-37-83-35-26-66-56-12-10-11-52-59(56)63(79)74(62(52)78)57-19-20-58(75)69-61(57)77/h10-18,39,44,47,49,51,53,57,66,68H,7-9,19-38,40-42H2,1-6H3,(H,67,80)(H,70,76)(H,69,75,77). The number of carbonyl (C=O) groups is 6. The van der Waals surface area contributed by atoms with Crippen molar-refractivity contribution in [3.63, 3.8) is 0 Å². The molecular formula is C65H91N9O11S. The van der Waals surface area contributed by atoms with Crippen LogP contribution >= 0.6 is 0 Å². The number of ether oxygens (including phenoxy) is 3. The molecular weight excluding hydrogens is 1110 g/mol. The largest absolute Gasteiger partial charge is 0.446 e. The molecule has 4 fully saturated rings. The lowest BCUT2D eigenvalue weighted by Crippen LogP contribution is -2.54. The monoisotopic (exact) mass is 1210 g/mol. The van der Waals surface area contributed by atoms with E-state index in [1.54, 1.807) is 53.6 Å². The summed E-state index contributed by atoms with van der Waals surface area (Å²) in [5.41, 5.74) is 7.61. The quantitative estimate of drug-likeness (QED) is 0.0275. The maximum atomic E-state index is 13.6. The van der Waals surface area contributed by atoms with Gasteiger partial charge >= 0.3 is 6.09 Å². The molecule has 468 valence electrons. The molecule has 5 N–H and O–H groups in total. The number of aryl methyl sites for hydroxylation is 1. The molecule has 4 aliphatic heterocycles. The summed E-state index contributed by atoms with van der Waals surface area (Å²) in [7, 11) is -4.14. The van der Waals surface area contributed by atoms with E-state index in [0.29, 0.717) is 30.9 Å². The van der Waals surface area contributed by atoms with E-state index >= 15 is 0 Å². The highest BCUT2D eigenvalue weighted by Crippen LogP contribution is 2.54. The van der Waals surface area contributed by atoms with E-state index < -0.39 is 51.7 Å². The van der Waals surface area contributed by atoms with E-state index in [0.717, 1.165) is 118 Å². The van der Waals surface area contributed by atoms with E-state index in [-0.39, 0.29) is 66.3 Å². The van der Waals surface area contributed by atoms with Gasteiger partial charge in [0.15, 0.2) is 0 Å². The Morgan fingerprint density at radius 3 is 2.22 bits per heavy atom. The molecule has 6 aliphatic rings. The van der Waals surface area contributed by atoms with Crippen LogP contribution in [0.1, 0.15) is 148 Å². The Kier molecular flexibility index (Phi) is 21.7. The van der Waals surface area contributed by atoms with E-state index in [9.17, 15) is 37.2 Å². The van der Waals surface area contributed by atoms with Crippen molar-refractivity contribution in [2.45, 2.75) is 142 Å². The predicted octanol–water partition coefficient (Wildman–Crippen LogP) is 8.13. The van der Waals surface area contributed by atoms with Crippen LogP contribution in [-0.4, -0.2) is 169 Å². The number of alkyl carbamates (subject to hydrolysis) is 1. The van der Waals surface area contributed by atoms with E-state index in [1.807, 2.05) is 19.1 Å². The number of nitrogens with one attached hydrogen (secondary N) is 5. The van der Waals surface area contributed by atoms with Gasteiger partial charge in [-0.3, -0.25) is 39.1 Å². The Morgan fingerprint density at radius 1 is 0.802 bits per heavy atom. The number of hydrogen-bond donors (Lipinski definition) is 5. The zero-order valence-corrected chi connectivity index (χ0v) is 52.1. The Bertz CT molecular complexity index is 3060. The molecule has 21 heteroatoms. The first-order chi connectivity index (χ1) is 41.3. The third-order valence-electron chi connectivity index (χ3n) is 18.7. The van der Waals surface area contributed by atoms with Crippen molar-refractivity contribution in [2.24, 2.45) is 23.2 Å². The molecule has 4 heterocycles. The lowest BCUT2D eigenvalue weighted by Gasteiger charge is -2.50. The lowest BCUT2D eigenvalue weighted by molar-refractivity contribution is -0.136. The van der Waals surface area contributed by atoms with Crippen molar-refractivity contribution in [1.29, 1.82) is 0 Å². The van der Waals surface area contributed by atoms with E-state index in [4.69, 9.17) is 14.2 Å². The molecule has 0 bridgehead atoms. The van der Waals surface area contributed by atoms with Crippen molar-refractivity contribution in [3.05, 3.63) is 94.1 Å². The smallest absolute Gasteiger partial charge is 0.407 e. The second-order valence-electron chi connectivity index (χ2n) is 25.0. The summed E-state index contributed by atoms with van der Waals surface area (Å²) in [6.45, 7) is 22.6. The van der Waals surface area contributed by atoms with E-state index in [2.05, 4.69) is 75.3 Å². The number of benzene rings is 3. The SMILES string of the molecule is CCC(CCN1CCC(OC(=O)NCCOCCOCCNc2cccc3c2C(=O)N(C2CCC(=O)NC2=O)C3=O)CC1)Nc1ccc(S(=O)(=O)NC(=O)c2ccc(N3CCN(CC4=C(C5CC(CC)C5CC)CC(C)(C)CC4)CC3)cc2)cc1C. The van der Waals surface area contributed by atoms with Crippen LogP contribution in [0, 0.1) is 30.1 Å². The lowest BCUT2D eigenvalue weighted by atomic mass is 9.56. The minimum absolute atomic E-state index is 0.0239. The van der Waals surface area contributed by atoms with Gasteiger partial charge in [-0.1, -0.05) is 64.7 Å². The van der Waals surface area contributed by atoms with Crippen LogP contribution in [-0.2, 0) is 33.8 Å². The van der Waals surface area contributed by atoms with E-state index in [1.165, 1.54) is 44.6 Å². The topological polar surface area (TPSA) is 237 Å². The number of imide groups is 2. The van der Waals surface area contributed by atoms with Gasteiger partial charge in [0.2, 0.25) is 11.8 Å². The van der Waals surface area contributed by atoms with Gasteiger partial charge in [-0.25, -0.2) is 17.9 Å². The van der Waals surface area contributed by atoms with Crippen LogP contribution in [0.4, 0.5) is 21.9 Å². The average molecular weight is 1210 g/mol. The zero-order valence-electron chi connectivity index (χ0n) is 51.3. The first-order valence-corrected chi connectivity index (χ1v) is 33.0. The van der Waals surface area contributed by atoms with Crippen LogP contribution < -0.4 is 30.9 Å². The fourth-order valence-corrected chi connectivity index (χ4v) is 14.6. The van der Waals surface area contributed by atoms with Gasteiger partial charge in [0.1, 0.15) is 12.1 Å². The maximum absolute atomic E-state index is 13.6. The van der Waals surface area contributed by atoms with Gasteiger partial charge in [-0.05, 0) is 148 Å². The van der Waals surface area contributed by atoms with Crippen molar-refractivity contribution < 1.29 is 51.4 Å². The number of likely N-dealkylation sites (tertiary alicyclic amines) is 1. The normalized spacial score (nSPS) is 22.5. The number of fused-ring (bicyclic) bond motifs is 1. The van der Waals surface area contributed by atoms with Crippen molar-refractivity contribution in [2.75, 3.05) is 107 Å². The average Bonchev–Trinajstić information content (AvgIpc) is 1.71. The fourth-order valence-electron chi connectivity index (χ4n) is 13.6. The van der Waals surface area contributed by atoms with Crippen molar-refractivity contribution in [1.82, 2.24) is 30.1 Å². The number of carbonyl (C=O) groups excluding carboxylic acids is 6. The Labute approximate surface area is 508 Å². The van der Waals surface area contributed by atoms with Gasteiger partial charge in [0.25, 0.3) is 27.7 Å². The molecule has 86 heavy (non-hydrogen) atoms. The Balaban J connectivity index is 0.619. The number of nitrogens with zero attached hydrogens (tertiary/aromatic N) is 4. The molecule has 1 saturated carbocycles. The molecule has 3 aromatic carbocycles. The second kappa shape index (κ2) is 29.1. The van der Waals surface area contributed by atoms with Crippen LogP contribution in [0.2, 0.25) is 0 Å². The number of allylic oxidation sites excluding steroid dienone is 1. The molecule has 5 atom stereocenters. The first-order valence-electron chi connectivity index (χ1n) is 31.5. The van der Waals surface area contributed by atoms with Gasteiger partial charge in [-0.15, -0.1) is 0 Å². The summed E-state index contributed by atoms with van der Waals surface area (Å²) in [4.78, 5) is 84.7. The van der Waals surface area contributed by atoms with Crippen LogP contribution in [0.3, 0.4) is 0 Å². The minimum atomic E-state index is -4.14. The summed E-state index contributed by atoms with van der Waals surface area (Å²) < 4.78 is 46.4. The summed E-state index contributed by atoms with van der Waals surface area (Å²) in [5.74, 6) is -0.426. The molecule has 6 amide bonds. The van der Waals surface area contributed by atoms with Crippen molar-refractivity contribution >= 4 is 62.7 Å². The molecule has 3 aromatic rings. The number of piperazine rings is 1. The highest BCUT2D eigenvalue weighted by atomic mass is 32.2. The minimum Gasteiger partial charge on any atom is -0.446 e. The second-order valence-corrected chi connectivity index (χ2v) is 26.7. The Morgan fingerprint density at radius 2 is 1.53 bits per heavy atom. The Hall–Kier alpha value is -6.39. The summed E-state index contributed by atoms with van der Waals surface area (Å²) in [6.07, 6.45) is 10.3. The highest BCUT2D eigenvalue weighted by molar-refractivity contribution is 7.90. The predicted molar refractivity (Wildman–Crippen MR) is 331 cm³/mol. The highest BCUT2D eigenvalue weighted by Gasteiger charge is 2.46. The van der Waals surface area contributed by atoms with Gasteiger partial charge in [-0.2, -0.15) is 0 Å². The number of hydrogen-bond acceptors (Lipinski definition) is 16. The molecule has 9 rings (SSSR count). The van der Waals surface area contributed by atoms with Gasteiger partial charge in [0, 0.05) is 101 Å². The van der Waals surface area contributed by atoms with Crippen molar-refractivity contribution in [3.8, 4) is 0 Å². The number of rotatable bonds is 27. The molecule has 3 saturated heterocycles. The third kappa shape index (κ3) is 15.8. The number of sulfonamides is 1. The van der Waals surface area contributed by atoms with Crippen LogP contribution in [0.15, 0.2) is 76.7 Å². The molecule has 0 radical (unpaired) electrons. The third-order valence-corrected chi connectivity index (χ3v) is 20.1. The number of amides is 6.